The molecule has 0 unspecified atom stereocenters. The van der Waals surface area contributed by atoms with Gasteiger partial charge < -0.3 is 76.7 Å². The Morgan fingerprint density at radius 2 is 1.01 bits per heavy atom. The van der Waals surface area contributed by atoms with Gasteiger partial charge >= 0.3 is 0 Å². The quantitative estimate of drug-likeness (QED) is 0.0202. The Morgan fingerprint density at radius 1 is 0.551 bits per heavy atom. The molecule has 20 N–H and O–H groups in total. The number of nitrogens with two attached hydrogens (primary N) is 6. The highest BCUT2D eigenvalue weighted by Gasteiger charge is 2.32. The van der Waals surface area contributed by atoms with Gasteiger partial charge in [-0.25, -0.2) is 0 Å². The fourth-order valence-electron chi connectivity index (χ4n) is 6.95. The Kier molecular flexibility index (Phi) is 26.2. The van der Waals surface area contributed by atoms with Gasteiger partial charge in [-0.15, -0.1) is 0 Å². The summed E-state index contributed by atoms with van der Waals surface area (Å²) in [4.78, 5) is 101. The molecule has 7 amide bonds. The zero-order chi connectivity index (χ0) is 51.5. The summed E-state index contributed by atoms with van der Waals surface area (Å²) in [6.45, 7) is 7.57. The van der Waals surface area contributed by atoms with E-state index in [1.165, 1.54) is 12.1 Å². The number of rotatable bonds is 32. The van der Waals surface area contributed by atoms with E-state index in [0.717, 1.165) is 11.1 Å². The molecule has 69 heavy (non-hydrogen) atoms. The van der Waals surface area contributed by atoms with Crippen LogP contribution in [0.1, 0.15) is 77.3 Å². The molecule has 0 aliphatic carbocycles. The van der Waals surface area contributed by atoms with Crippen molar-refractivity contribution in [1.82, 2.24) is 37.2 Å². The molecule has 23 heteroatoms. The zero-order valence-electron chi connectivity index (χ0n) is 40.2. The van der Waals surface area contributed by atoms with E-state index >= 15 is 0 Å². The highest BCUT2D eigenvalue weighted by molar-refractivity contribution is 5.96. The number of benzene rings is 2. The molecular formula is C46H75N15O8. The van der Waals surface area contributed by atoms with E-state index in [9.17, 15) is 38.7 Å². The van der Waals surface area contributed by atoms with Gasteiger partial charge in [0.2, 0.25) is 41.4 Å². The van der Waals surface area contributed by atoms with Crippen LogP contribution in [0, 0.1) is 11.8 Å². The summed E-state index contributed by atoms with van der Waals surface area (Å²) in [5, 5.41) is 28.8. The van der Waals surface area contributed by atoms with Crippen molar-refractivity contribution in [3.63, 3.8) is 0 Å². The second kappa shape index (κ2) is 31.1. The minimum Gasteiger partial charge on any atom is -0.508 e. The minimum absolute atomic E-state index is 0.00183. The number of aromatic hydroxyl groups is 1. The molecule has 6 atom stereocenters. The predicted octanol–water partition coefficient (Wildman–Crippen LogP) is -2.68. The van der Waals surface area contributed by atoms with Crippen molar-refractivity contribution in [3.8, 4) is 5.75 Å². The Morgan fingerprint density at radius 3 is 1.52 bits per heavy atom. The Hall–Kier alpha value is -7.01. The van der Waals surface area contributed by atoms with Gasteiger partial charge in [0, 0.05) is 26.2 Å². The molecule has 2 aromatic rings. The SMILES string of the molecule is CC(C)C[C@H](NC(=O)[C@H](Cc1ccccc1)NCCNC(=O)CNC(=O)[C@@H](N)Cc1ccc(O)cc1)C(=O)N[C@@H](CCCN=C(N)N)C(=O)N[C@@H](CCCN=C(N)N)C(=O)N[C@H](CC(C)C)C(N)=O. The van der Waals surface area contributed by atoms with Crippen LogP contribution in [0.2, 0.25) is 0 Å². The lowest BCUT2D eigenvalue weighted by atomic mass is 10.00. The maximum atomic E-state index is 14.2. The van der Waals surface area contributed by atoms with Crippen LogP contribution in [0.3, 0.4) is 0 Å². The number of nitrogens with one attached hydrogen (secondary N) is 7. The second-order valence-electron chi connectivity index (χ2n) is 17.5. The van der Waals surface area contributed by atoms with Gasteiger partial charge in [0.05, 0.1) is 18.6 Å². The molecule has 2 aromatic carbocycles. The van der Waals surface area contributed by atoms with Crippen molar-refractivity contribution in [3.05, 3.63) is 65.7 Å². The number of hydrogen-bond acceptors (Lipinski definition) is 12. The molecule has 0 aliphatic rings. The average molecular weight is 966 g/mol. The first kappa shape index (κ1) is 58.1. The smallest absolute Gasteiger partial charge is 0.243 e. The molecule has 23 nitrogen and oxygen atoms in total. The number of primary amides is 1. The van der Waals surface area contributed by atoms with Crippen LogP contribution in [0.25, 0.3) is 0 Å². The number of nitrogens with zero attached hydrogens (tertiary/aromatic N) is 2. The molecule has 2 rings (SSSR count). The number of guanidine groups is 2. The first-order chi connectivity index (χ1) is 32.6. The van der Waals surface area contributed by atoms with Gasteiger partial charge in [0.1, 0.15) is 29.9 Å². The molecule has 0 saturated heterocycles. The Balaban J connectivity index is 2.24. The maximum absolute atomic E-state index is 14.2. The predicted molar refractivity (Wildman–Crippen MR) is 263 cm³/mol. The van der Waals surface area contributed by atoms with Crippen molar-refractivity contribution >= 4 is 53.3 Å². The third-order valence-corrected chi connectivity index (χ3v) is 10.5. The monoisotopic (exact) mass is 966 g/mol. The molecule has 0 spiro atoms. The maximum Gasteiger partial charge on any atom is 0.243 e. The van der Waals surface area contributed by atoms with Gasteiger partial charge in [-0.1, -0.05) is 70.2 Å². The number of phenolic OH excluding ortho intramolecular Hbond substituents is 1. The van der Waals surface area contributed by atoms with Gasteiger partial charge in [-0.2, -0.15) is 0 Å². The summed E-state index contributed by atoms with van der Waals surface area (Å²) >= 11 is 0. The fourth-order valence-corrected chi connectivity index (χ4v) is 6.95. The first-order valence-corrected chi connectivity index (χ1v) is 23.1. The number of carbonyl (C=O) groups is 7. The van der Waals surface area contributed by atoms with Gasteiger partial charge in [-0.05, 0) is 86.5 Å². The van der Waals surface area contributed by atoms with Crippen molar-refractivity contribution in [1.29, 1.82) is 0 Å². The Labute approximate surface area is 404 Å². The summed E-state index contributed by atoms with van der Waals surface area (Å²) in [7, 11) is 0. The number of phenols is 1. The highest BCUT2D eigenvalue weighted by atomic mass is 16.3. The molecule has 0 fully saturated rings. The summed E-state index contributed by atoms with van der Waals surface area (Å²) in [5.41, 5.74) is 35.1. The summed E-state index contributed by atoms with van der Waals surface area (Å²) in [5.74, 6) is -4.73. The zero-order valence-corrected chi connectivity index (χ0v) is 40.2. The fraction of sp³-hybridized carbons (Fsp3) is 0.543. The van der Waals surface area contributed by atoms with E-state index in [-0.39, 0.29) is 114 Å². The number of aliphatic imine (C=N–C) groups is 2. The van der Waals surface area contributed by atoms with Crippen LogP contribution < -0.4 is 71.6 Å². The van der Waals surface area contributed by atoms with E-state index in [1.807, 2.05) is 58.0 Å². The minimum atomic E-state index is -1.24. The van der Waals surface area contributed by atoms with E-state index in [1.54, 1.807) is 12.1 Å². The molecule has 0 radical (unpaired) electrons. The van der Waals surface area contributed by atoms with E-state index < -0.39 is 77.6 Å². The van der Waals surface area contributed by atoms with Crippen molar-refractivity contribution in [2.24, 2.45) is 56.2 Å². The number of amides is 7. The van der Waals surface area contributed by atoms with E-state index in [0.29, 0.717) is 0 Å². The van der Waals surface area contributed by atoms with E-state index in [4.69, 9.17) is 34.4 Å². The molecule has 0 aliphatic heterocycles. The summed E-state index contributed by atoms with van der Waals surface area (Å²) in [6.07, 6.45) is 1.41. The van der Waals surface area contributed by atoms with Crippen molar-refractivity contribution < 1.29 is 38.7 Å². The van der Waals surface area contributed by atoms with Crippen LogP contribution in [-0.2, 0) is 46.4 Å². The molecular weight excluding hydrogens is 891 g/mol. The number of hydrogen-bond donors (Lipinski definition) is 14. The summed E-state index contributed by atoms with van der Waals surface area (Å²) in [6, 6.07) is 9.03. The van der Waals surface area contributed by atoms with Crippen LogP contribution in [0.15, 0.2) is 64.6 Å². The molecule has 0 saturated carbocycles. The highest BCUT2D eigenvalue weighted by Crippen LogP contribution is 2.13. The standard InChI is InChI=1S/C46H75N15O8/c1-27(2)22-35(39(48)64)60-42(67)34(13-9-19-56-46(51)52)58-41(66)33(12-8-18-55-45(49)50)59-44(69)37(23-28(3)4)61-43(68)36(25-29-10-6-5-7-11-29)53-20-21-54-38(63)26-57-40(65)32(47)24-30-14-16-31(62)17-15-30/h5-7,10-11,14-17,27-28,32-37,53,62H,8-9,12-13,18-26,47H2,1-4H3,(H2,48,64)(H,54,63)(H,57,65)(H,58,66)(H,59,69)(H,60,67)(H,61,68)(H4,49,50,55)(H4,51,52,56)/t32-,33-,34-,35+,36-,37-/m0/s1. The lowest BCUT2D eigenvalue weighted by molar-refractivity contribution is -0.135. The average Bonchev–Trinajstić information content (AvgIpc) is 3.28. The van der Waals surface area contributed by atoms with Gasteiger partial charge in [-0.3, -0.25) is 43.5 Å². The Bertz CT molecular complexity index is 2010. The van der Waals surface area contributed by atoms with Crippen molar-refractivity contribution in [2.45, 2.75) is 115 Å². The van der Waals surface area contributed by atoms with Crippen molar-refractivity contribution in [2.75, 3.05) is 32.7 Å². The molecule has 0 heterocycles. The lowest BCUT2D eigenvalue weighted by Crippen LogP contribution is -2.59. The second-order valence-corrected chi connectivity index (χ2v) is 17.5. The normalized spacial score (nSPS) is 13.6. The third-order valence-electron chi connectivity index (χ3n) is 10.5. The number of carbonyl (C=O) groups excluding carboxylic acids is 7. The molecule has 382 valence electrons. The largest absolute Gasteiger partial charge is 0.508 e. The van der Waals surface area contributed by atoms with Gasteiger partial charge in [0.15, 0.2) is 11.9 Å². The molecule has 0 aromatic heterocycles. The van der Waals surface area contributed by atoms with Crippen LogP contribution >= 0.6 is 0 Å². The first-order valence-electron chi connectivity index (χ1n) is 23.1. The summed E-state index contributed by atoms with van der Waals surface area (Å²) < 4.78 is 0. The van der Waals surface area contributed by atoms with Crippen LogP contribution in [-0.4, -0.2) is 127 Å². The van der Waals surface area contributed by atoms with Gasteiger partial charge in [0.25, 0.3) is 0 Å². The van der Waals surface area contributed by atoms with Crippen LogP contribution in [0.4, 0.5) is 0 Å². The van der Waals surface area contributed by atoms with E-state index in [2.05, 4.69) is 47.2 Å². The lowest BCUT2D eigenvalue weighted by Gasteiger charge is -2.28. The van der Waals surface area contributed by atoms with Crippen LogP contribution in [0.5, 0.6) is 5.75 Å². The third kappa shape index (κ3) is 24.5. The topological polar surface area (TPSA) is 405 Å². The molecule has 0 bridgehead atoms.